The van der Waals surface area contributed by atoms with Gasteiger partial charge in [0.1, 0.15) is 18.2 Å². The SMILES string of the molecule is CCN(C)CCNc1ncnc2c1ncn2C[C@H](C)OCP(=O)(O)O. The highest BCUT2D eigenvalue weighted by molar-refractivity contribution is 7.51. The monoisotopic (exact) mass is 372 g/mol. The van der Waals surface area contributed by atoms with Gasteiger partial charge in [-0.15, -0.1) is 0 Å². The summed E-state index contributed by atoms with van der Waals surface area (Å²) in [5.74, 6) is 0.664. The highest BCUT2D eigenvalue weighted by Gasteiger charge is 2.17. The number of likely N-dealkylation sites (N-methyl/N-ethyl adjacent to an activating group) is 1. The molecule has 2 aromatic heterocycles. The zero-order valence-corrected chi connectivity index (χ0v) is 15.6. The van der Waals surface area contributed by atoms with Crippen molar-refractivity contribution in [2.45, 2.75) is 26.5 Å². The number of fused-ring (bicyclic) bond motifs is 1. The molecule has 25 heavy (non-hydrogen) atoms. The number of nitrogens with zero attached hydrogens (tertiary/aromatic N) is 5. The standard InChI is InChI=1S/C14H25N6O4P/c1-4-19(3)6-5-15-13-12-14(17-8-16-13)20(9-18-12)7-11(2)24-10-25(21,22)23/h8-9,11H,4-7,10H2,1-3H3,(H,15,16,17)(H2,21,22,23)/t11-/m0/s1. The Hall–Kier alpha value is -1.58. The fourth-order valence-corrected chi connectivity index (χ4v) is 2.67. The molecular formula is C14H25N6O4P. The van der Waals surface area contributed by atoms with E-state index < -0.39 is 20.0 Å². The summed E-state index contributed by atoms with van der Waals surface area (Å²) in [6, 6.07) is 0. The zero-order chi connectivity index (χ0) is 18.4. The molecular weight excluding hydrogens is 347 g/mol. The molecule has 0 radical (unpaired) electrons. The normalized spacial score (nSPS) is 13.5. The number of aromatic nitrogens is 4. The summed E-state index contributed by atoms with van der Waals surface area (Å²) < 4.78 is 17.9. The van der Waals surface area contributed by atoms with Gasteiger partial charge in [0.05, 0.1) is 19.0 Å². The van der Waals surface area contributed by atoms with Crippen LogP contribution in [0, 0.1) is 0 Å². The van der Waals surface area contributed by atoms with Gasteiger partial charge >= 0.3 is 7.60 Å². The lowest BCUT2D eigenvalue weighted by molar-refractivity contribution is 0.0764. The van der Waals surface area contributed by atoms with Gasteiger partial charge in [-0.05, 0) is 20.5 Å². The van der Waals surface area contributed by atoms with E-state index in [4.69, 9.17) is 14.5 Å². The predicted octanol–water partition coefficient (Wildman–Crippen LogP) is 0.730. The number of nitrogens with one attached hydrogen (secondary N) is 1. The Bertz CT molecular complexity index is 733. The van der Waals surface area contributed by atoms with Gasteiger partial charge in [0.25, 0.3) is 0 Å². The first-order valence-corrected chi connectivity index (χ1v) is 9.84. The van der Waals surface area contributed by atoms with E-state index in [1.54, 1.807) is 17.8 Å². The second-order valence-electron chi connectivity index (χ2n) is 5.89. The topological polar surface area (TPSA) is 126 Å². The third kappa shape index (κ3) is 6.02. The first-order valence-electron chi connectivity index (χ1n) is 8.04. The van der Waals surface area contributed by atoms with E-state index in [1.807, 2.05) is 7.05 Å². The minimum absolute atomic E-state index is 0.380. The lowest BCUT2D eigenvalue weighted by atomic mass is 10.4. The van der Waals surface area contributed by atoms with E-state index in [2.05, 4.69) is 32.1 Å². The van der Waals surface area contributed by atoms with Gasteiger partial charge in [0.2, 0.25) is 0 Å². The van der Waals surface area contributed by atoms with Crippen LogP contribution in [0.1, 0.15) is 13.8 Å². The van der Waals surface area contributed by atoms with Gasteiger partial charge < -0.3 is 29.3 Å². The summed E-state index contributed by atoms with van der Waals surface area (Å²) in [5, 5.41) is 3.26. The Kier molecular flexibility index (Phi) is 6.86. The fraction of sp³-hybridized carbons (Fsp3) is 0.643. The maximum atomic E-state index is 10.9. The summed E-state index contributed by atoms with van der Waals surface area (Å²) >= 11 is 0. The van der Waals surface area contributed by atoms with Crippen LogP contribution in [0.2, 0.25) is 0 Å². The van der Waals surface area contributed by atoms with Crippen LogP contribution in [-0.4, -0.2) is 73.3 Å². The Balaban J connectivity index is 2.03. The molecule has 2 aromatic rings. The highest BCUT2D eigenvalue weighted by Crippen LogP contribution is 2.34. The highest BCUT2D eigenvalue weighted by atomic mass is 31.2. The van der Waals surface area contributed by atoms with Crippen molar-refractivity contribution in [3.05, 3.63) is 12.7 Å². The molecule has 0 aliphatic rings. The van der Waals surface area contributed by atoms with Gasteiger partial charge in [-0.2, -0.15) is 0 Å². The quantitative estimate of drug-likeness (QED) is 0.517. The lowest BCUT2D eigenvalue weighted by Crippen LogP contribution is -2.25. The number of rotatable bonds is 10. The largest absolute Gasteiger partial charge is 0.367 e. The molecule has 11 heteroatoms. The molecule has 0 saturated heterocycles. The Morgan fingerprint density at radius 2 is 2.16 bits per heavy atom. The van der Waals surface area contributed by atoms with Gasteiger partial charge in [0, 0.05) is 13.1 Å². The molecule has 0 fully saturated rings. The Labute approximate surface area is 146 Å². The van der Waals surface area contributed by atoms with Crippen molar-refractivity contribution in [3.8, 4) is 0 Å². The maximum absolute atomic E-state index is 10.9. The first kappa shape index (κ1) is 19.7. The Morgan fingerprint density at radius 3 is 2.84 bits per heavy atom. The maximum Gasteiger partial charge on any atom is 0.350 e. The molecule has 0 spiro atoms. The second kappa shape index (κ2) is 8.68. The van der Waals surface area contributed by atoms with Gasteiger partial charge in [-0.3, -0.25) is 4.57 Å². The van der Waals surface area contributed by atoms with Crippen LogP contribution in [0.4, 0.5) is 5.82 Å². The zero-order valence-electron chi connectivity index (χ0n) is 14.7. The molecule has 0 aliphatic heterocycles. The number of ether oxygens (including phenoxy) is 1. The van der Waals surface area contributed by atoms with Crippen molar-refractivity contribution in [1.29, 1.82) is 0 Å². The average molecular weight is 372 g/mol. The number of imidazole rings is 1. The van der Waals surface area contributed by atoms with E-state index in [0.29, 0.717) is 23.5 Å². The molecule has 3 N–H and O–H groups in total. The molecule has 0 saturated carbocycles. The van der Waals surface area contributed by atoms with Gasteiger partial charge in [0.15, 0.2) is 11.5 Å². The van der Waals surface area contributed by atoms with Crippen molar-refractivity contribution in [3.63, 3.8) is 0 Å². The molecule has 0 aromatic carbocycles. The van der Waals surface area contributed by atoms with Crippen LogP contribution in [-0.2, 0) is 15.8 Å². The minimum atomic E-state index is -4.18. The van der Waals surface area contributed by atoms with Crippen LogP contribution in [0.25, 0.3) is 11.2 Å². The lowest BCUT2D eigenvalue weighted by Gasteiger charge is -2.15. The van der Waals surface area contributed by atoms with Gasteiger partial charge in [-0.1, -0.05) is 6.92 Å². The molecule has 140 valence electrons. The minimum Gasteiger partial charge on any atom is -0.367 e. The molecule has 1 atom stereocenters. The molecule has 0 bridgehead atoms. The molecule has 10 nitrogen and oxygen atoms in total. The van der Waals surface area contributed by atoms with Crippen molar-refractivity contribution in [1.82, 2.24) is 24.4 Å². The molecule has 2 rings (SSSR count). The van der Waals surface area contributed by atoms with Crippen LogP contribution in [0.3, 0.4) is 0 Å². The van der Waals surface area contributed by atoms with Crippen molar-refractivity contribution < 1.29 is 19.1 Å². The fourth-order valence-electron chi connectivity index (χ4n) is 2.22. The third-order valence-electron chi connectivity index (χ3n) is 3.71. The van der Waals surface area contributed by atoms with Crippen molar-refractivity contribution in [2.24, 2.45) is 0 Å². The average Bonchev–Trinajstić information content (AvgIpc) is 2.96. The third-order valence-corrected chi connectivity index (χ3v) is 4.19. The number of hydrogen-bond donors (Lipinski definition) is 3. The second-order valence-corrected chi connectivity index (χ2v) is 7.47. The van der Waals surface area contributed by atoms with E-state index >= 15 is 0 Å². The summed E-state index contributed by atoms with van der Waals surface area (Å²) in [6.45, 7) is 6.82. The molecule has 0 aliphatic carbocycles. The first-order chi connectivity index (χ1) is 11.8. The van der Waals surface area contributed by atoms with E-state index in [1.165, 1.54) is 6.33 Å². The van der Waals surface area contributed by atoms with Crippen LogP contribution >= 0.6 is 7.60 Å². The summed E-state index contributed by atoms with van der Waals surface area (Å²) in [6.07, 6.45) is 2.09. The van der Waals surface area contributed by atoms with Crippen molar-refractivity contribution >= 4 is 24.6 Å². The van der Waals surface area contributed by atoms with Crippen LogP contribution in [0.5, 0.6) is 0 Å². The Morgan fingerprint density at radius 1 is 1.40 bits per heavy atom. The molecule has 0 amide bonds. The van der Waals surface area contributed by atoms with Crippen molar-refractivity contribution in [2.75, 3.05) is 38.3 Å². The van der Waals surface area contributed by atoms with E-state index in [0.717, 1.165) is 19.6 Å². The predicted molar refractivity (Wildman–Crippen MR) is 94.4 cm³/mol. The van der Waals surface area contributed by atoms with Gasteiger partial charge in [-0.25, -0.2) is 15.0 Å². The van der Waals surface area contributed by atoms with Crippen LogP contribution in [0.15, 0.2) is 12.7 Å². The summed E-state index contributed by atoms with van der Waals surface area (Å²) in [4.78, 5) is 32.8. The smallest absolute Gasteiger partial charge is 0.350 e. The number of anilines is 1. The summed E-state index contributed by atoms with van der Waals surface area (Å²) in [7, 11) is -2.13. The van der Waals surface area contributed by atoms with E-state index in [9.17, 15) is 4.57 Å². The van der Waals surface area contributed by atoms with Crippen LogP contribution < -0.4 is 5.32 Å². The number of hydrogen-bond acceptors (Lipinski definition) is 7. The summed E-state index contributed by atoms with van der Waals surface area (Å²) in [5.41, 5.74) is 1.30. The molecule has 0 unspecified atom stereocenters. The van der Waals surface area contributed by atoms with E-state index in [-0.39, 0.29) is 0 Å². The molecule has 2 heterocycles.